The van der Waals surface area contributed by atoms with Gasteiger partial charge >= 0.3 is 0 Å². The van der Waals surface area contributed by atoms with Crippen molar-refractivity contribution in [1.82, 2.24) is 5.32 Å². The molecule has 2 nitrogen and oxygen atoms in total. The number of nitrogens with one attached hydrogen (secondary N) is 1. The first-order valence-electron chi connectivity index (χ1n) is 7.77. The van der Waals surface area contributed by atoms with Crippen LogP contribution in [0, 0.1) is 0 Å². The van der Waals surface area contributed by atoms with E-state index < -0.39 is 0 Å². The Kier molecular flexibility index (Phi) is 4.26. The van der Waals surface area contributed by atoms with Gasteiger partial charge < -0.3 is 10.1 Å². The maximum absolute atomic E-state index is 5.78. The molecule has 2 heteroatoms. The fourth-order valence-electron chi connectivity index (χ4n) is 3.09. The molecule has 0 amide bonds. The van der Waals surface area contributed by atoms with Crippen molar-refractivity contribution in [2.24, 2.45) is 0 Å². The summed E-state index contributed by atoms with van der Waals surface area (Å²) in [6, 6.07) is 17.7. The highest BCUT2D eigenvalue weighted by molar-refractivity contribution is 5.41. The van der Waals surface area contributed by atoms with Crippen molar-refractivity contribution >= 4 is 0 Å². The van der Waals surface area contributed by atoms with E-state index in [9.17, 15) is 0 Å². The Morgan fingerprint density at radius 1 is 1.19 bits per heavy atom. The number of ether oxygens (including phenoxy) is 1. The van der Waals surface area contributed by atoms with E-state index in [4.69, 9.17) is 4.74 Å². The molecule has 0 fully saturated rings. The topological polar surface area (TPSA) is 21.3 Å². The van der Waals surface area contributed by atoms with Crippen LogP contribution in [0.1, 0.15) is 36.1 Å². The Balaban J connectivity index is 1.70. The molecule has 2 unspecified atom stereocenters. The van der Waals surface area contributed by atoms with Crippen LogP contribution in [0.4, 0.5) is 0 Å². The lowest BCUT2D eigenvalue weighted by Crippen LogP contribution is -2.17. The zero-order chi connectivity index (χ0) is 14.7. The van der Waals surface area contributed by atoms with E-state index in [-0.39, 0.29) is 0 Å². The monoisotopic (exact) mass is 281 g/mol. The fraction of sp³-hybridized carbons (Fsp3) is 0.368. The van der Waals surface area contributed by atoms with Crippen molar-refractivity contribution in [2.75, 3.05) is 7.05 Å². The second kappa shape index (κ2) is 6.31. The number of rotatable bonds is 5. The molecule has 1 aliphatic rings. The fourth-order valence-corrected chi connectivity index (χ4v) is 3.09. The first-order valence-corrected chi connectivity index (χ1v) is 7.77. The average molecular weight is 281 g/mol. The zero-order valence-electron chi connectivity index (χ0n) is 12.8. The van der Waals surface area contributed by atoms with Crippen LogP contribution < -0.4 is 10.1 Å². The number of aryl methyl sites for hydroxylation is 1. The molecule has 1 N–H and O–H groups in total. The third kappa shape index (κ3) is 3.27. The van der Waals surface area contributed by atoms with E-state index in [1.807, 2.05) is 7.05 Å². The van der Waals surface area contributed by atoms with Crippen LogP contribution in [0.5, 0.6) is 5.75 Å². The molecule has 0 spiro atoms. The van der Waals surface area contributed by atoms with E-state index in [2.05, 4.69) is 60.8 Å². The quantitative estimate of drug-likeness (QED) is 0.897. The molecular formula is C19H23NO. The molecule has 2 aromatic rings. The van der Waals surface area contributed by atoms with Gasteiger partial charge in [-0.2, -0.15) is 0 Å². The molecule has 0 saturated heterocycles. The van der Waals surface area contributed by atoms with Crippen LogP contribution in [0.15, 0.2) is 48.5 Å². The average Bonchev–Trinajstić information content (AvgIpc) is 2.88. The highest BCUT2D eigenvalue weighted by Crippen LogP contribution is 2.32. The molecule has 0 radical (unpaired) electrons. The molecule has 110 valence electrons. The van der Waals surface area contributed by atoms with E-state index in [0.717, 1.165) is 25.0 Å². The molecule has 1 heterocycles. The lowest BCUT2D eigenvalue weighted by Gasteiger charge is -2.17. The largest absolute Gasteiger partial charge is 0.490 e. The van der Waals surface area contributed by atoms with Gasteiger partial charge in [0.15, 0.2) is 0 Å². The normalized spacial score (nSPS) is 18.1. The predicted molar refractivity (Wildman–Crippen MR) is 86.8 cm³/mol. The van der Waals surface area contributed by atoms with E-state index in [1.165, 1.54) is 16.7 Å². The molecule has 2 atom stereocenters. The van der Waals surface area contributed by atoms with Gasteiger partial charge in [-0.1, -0.05) is 42.5 Å². The number of benzene rings is 2. The summed E-state index contributed by atoms with van der Waals surface area (Å²) in [5, 5.41) is 3.45. The van der Waals surface area contributed by atoms with Gasteiger partial charge in [0.05, 0.1) is 0 Å². The van der Waals surface area contributed by atoms with Gasteiger partial charge in [0.1, 0.15) is 11.9 Å². The first kappa shape index (κ1) is 14.2. The van der Waals surface area contributed by atoms with E-state index in [1.54, 1.807) is 0 Å². The molecule has 2 aromatic carbocycles. The molecule has 0 saturated carbocycles. The number of fused-ring (bicyclic) bond motifs is 1. The minimum atomic E-state index is 0.313. The van der Waals surface area contributed by atoms with E-state index in [0.29, 0.717) is 12.1 Å². The molecule has 21 heavy (non-hydrogen) atoms. The van der Waals surface area contributed by atoms with Crippen molar-refractivity contribution < 1.29 is 4.74 Å². The van der Waals surface area contributed by atoms with Crippen molar-refractivity contribution in [3.63, 3.8) is 0 Å². The smallest absolute Gasteiger partial charge is 0.123 e. The van der Waals surface area contributed by atoms with Gasteiger partial charge in [0.2, 0.25) is 0 Å². The molecule has 0 aliphatic carbocycles. The summed E-state index contributed by atoms with van der Waals surface area (Å²) >= 11 is 0. The second-order valence-electron chi connectivity index (χ2n) is 5.87. The highest BCUT2D eigenvalue weighted by atomic mass is 16.5. The van der Waals surface area contributed by atoms with Crippen molar-refractivity contribution in [3.05, 3.63) is 65.2 Å². The predicted octanol–water partition coefficient (Wildman–Crippen LogP) is 3.90. The second-order valence-corrected chi connectivity index (χ2v) is 5.87. The molecule has 0 bridgehead atoms. The van der Waals surface area contributed by atoms with Crippen LogP contribution >= 0.6 is 0 Å². The summed E-state index contributed by atoms with van der Waals surface area (Å²) in [7, 11) is 2.04. The maximum atomic E-state index is 5.78. The van der Waals surface area contributed by atoms with Crippen LogP contribution in [0.2, 0.25) is 0 Å². The van der Waals surface area contributed by atoms with Gasteiger partial charge in [-0.05, 0) is 49.6 Å². The summed E-state index contributed by atoms with van der Waals surface area (Å²) < 4.78 is 5.78. The van der Waals surface area contributed by atoms with Crippen molar-refractivity contribution in [1.29, 1.82) is 0 Å². The molecule has 3 rings (SSSR count). The third-order valence-electron chi connectivity index (χ3n) is 4.24. The number of hydrogen-bond acceptors (Lipinski definition) is 2. The Morgan fingerprint density at radius 2 is 2.00 bits per heavy atom. The summed E-state index contributed by atoms with van der Waals surface area (Å²) in [6.45, 7) is 2.13. The van der Waals surface area contributed by atoms with Gasteiger partial charge in [-0.3, -0.25) is 0 Å². The van der Waals surface area contributed by atoms with Crippen LogP contribution in [-0.4, -0.2) is 13.2 Å². The first-order chi connectivity index (χ1) is 10.3. The van der Waals surface area contributed by atoms with E-state index >= 15 is 0 Å². The van der Waals surface area contributed by atoms with Crippen LogP contribution in [0.25, 0.3) is 0 Å². The van der Waals surface area contributed by atoms with Gasteiger partial charge in [-0.15, -0.1) is 0 Å². The lowest BCUT2D eigenvalue weighted by atomic mass is 9.96. The minimum absolute atomic E-state index is 0.313. The van der Waals surface area contributed by atoms with Crippen molar-refractivity contribution in [3.8, 4) is 5.75 Å². The molecular weight excluding hydrogens is 258 g/mol. The Bertz CT molecular complexity index is 594. The standard InChI is InChI=1S/C19H23NO/c1-14-12-17-13-16(9-11-19(17)21-14)18(20-2)10-8-15-6-4-3-5-7-15/h3-7,9,11,13-14,18,20H,8,10,12H2,1-2H3. The SMILES string of the molecule is CNC(CCc1ccccc1)c1ccc2c(c1)CC(C)O2. The van der Waals surface area contributed by atoms with Gasteiger partial charge in [0, 0.05) is 12.5 Å². The molecule has 1 aliphatic heterocycles. The summed E-state index contributed by atoms with van der Waals surface area (Å²) in [5.74, 6) is 1.06. The van der Waals surface area contributed by atoms with Crippen LogP contribution in [0.3, 0.4) is 0 Å². The molecule has 0 aromatic heterocycles. The summed E-state index contributed by atoms with van der Waals surface area (Å²) in [6.07, 6.45) is 3.54. The van der Waals surface area contributed by atoms with Crippen molar-refractivity contribution in [2.45, 2.75) is 38.3 Å². The Labute approximate surface area is 127 Å². The Hall–Kier alpha value is -1.80. The highest BCUT2D eigenvalue weighted by Gasteiger charge is 2.20. The van der Waals surface area contributed by atoms with Crippen LogP contribution in [-0.2, 0) is 12.8 Å². The maximum Gasteiger partial charge on any atom is 0.123 e. The summed E-state index contributed by atoms with van der Waals surface area (Å²) in [5.41, 5.74) is 4.11. The zero-order valence-corrected chi connectivity index (χ0v) is 12.8. The van der Waals surface area contributed by atoms with Gasteiger partial charge in [0.25, 0.3) is 0 Å². The lowest BCUT2D eigenvalue weighted by molar-refractivity contribution is 0.254. The third-order valence-corrected chi connectivity index (χ3v) is 4.24. The minimum Gasteiger partial charge on any atom is -0.490 e. The Morgan fingerprint density at radius 3 is 2.76 bits per heavy atom. The summed E-state index contributed by atoms with van der Waals surface area (Å²) in [4.78, 5) is 0. The van der Waals surface area contributed by atoms with Gasteiger partial charge in [-0.25, -0.2) is 0 Å². The number of hydrogen-bond donors (Lipinski definition) is 1.